The second-order valence-electron chi connectivity index (χ2n) is 7.17. The van der Waals surface area contributed by atoms with Crippen molar-refractivity contribution < 1.29 is 32.3 Å². The molecule has 0 aliphatic heterocycles. The second kappa shape index (κ2) is 10.9. The summed E-state index contributed by atoms with van der Waals surface area (Å²) in [5.74, 6) is -1.19. The van der Waals surface area contributed by atoms with E-state index in [0.717, 1.165) is 12.1 Å². The Morgan fingerprint density at radius 1 is 0.971 bits per heavy atom. The largest absolute Gasteiger partial charge is 0.468 e. The summed E-state index contributed by atoms with van der Waals surface area (Å²) in [6.45, 7) is -0.208. The number of benzene rings is 2. The number of methoxy groups -OCH3 is 1. The molecule has 7 nitrogen and oxygen atoms in total. The van der Waals surface area contributed by atoms with Crippen LogP contribution in [0.2, 0.25) is 0 Å². The molecule has 3 rings (SSSR count). The van der Waals surface area contributed by atoms with Gasteiger partial charge in [-0.3, -0.25) is 14.4 Å². The topological polar surface area (TPSA) is 97.4 Å². The first-order chi connectivity index (χ1) is 16.1. The van der Waals surface area contributed by atoms with Crippen molar-refractivity contribution in [1.29, 1.82) is 0 Å². The zero-order valence-corrected chi connectivity index (χ0v) is 18.8. The van der Waals surface area contributed by atoms with E-state index in [0.29, 0.717) is 27.5 Å². The van der Waals surface area contributed by atoms with Gasteiger partial charge in [-0.25, -0.2) is 4.98 Å². The number of thiazole rings is 1. The molecule has 0 aliphatic carbocycles. The van der Waals surface area contributed by atoms with Crippen LogP contribution in [0.4, 0.5) is 18.9 Å². The molecule has 0 bridgehead atoms. The molecule has 2 N–H and O–H groups in total. The number of esters is 1. The quantitative estimate of drug-likeness (QED) is 0.467. The van der Waals surface area contributed by atoms with Gasteiger partial charge in [-0.1, -0.05) is 24.3 Å². The van der Waals surface area contributed by atoms with E-state index in [1.54, 1.807) is 29.6 Å². The minimum Gasteiger partial charge on any atom is -0.468 e. The van der Waals surface area contributed by atoms with Gasteiger partial charge in [0.2, 0.25) is 11.8 Å². The number of aromatic nitrogens is 1. The zero-order chi connectivity index (χ0) is 24.7. The van der Waals surface area contributed by atoms with Gasteiger partial charge in [0.15, 0.2) is 0 Å². The van der Waals surface area contributed by atoms with Crippen LogP contribution in [0.3, 0.4) is 0 Å². The summed E-state index contributed by atoms with van der Waals surface area (Å²) in [5.41, 5.74) is 1.52. The number of nitrogens with zero attached hydrogens (tertiary/aromatic N) is 1. The van der Waals surface area contributed by atoms with Crippen LogP contribution in [0.5, 0.6) is 0 Å². The summed E-state index contributed by atoms with van der Waals surface area (Å²) in [6.07, 6.45) is -4.34. The lowest BCUT2D eigenvalue weighted by Crippen LogP contribution is -2.31. The molecular weight excluding hydrogens is 471 g/mol. The minimum absolute atomic E-state index is 0.00514. The summed E-state index contributed by atoms with van der Waals surface area (Å²) < 4.78 is 42.6. The second-order valence-corrected chi connectivity index (χ2v) is 8.03. The fraction of sp³-hybridized carbons (Fsp3) is 0.217. The Labute approximate surface area is 197 Å². The van der Waals surface area contributed by atoms with Crippen molar-refractivity contribution in [3.05, 3.63) is 70.7 Å². The van der Waals surface area contributed by atoms with Crippen LogP contribution in [0, 0.1) is 0 Å². The van der Waals surface area contributed by atoms with Crippen LogP contribution in [0.15, 0.2) is 53.9 Å². The van der Waals surface area contributed by atoms with Crippen molar-refractivity contribution in [2.24, 2.45) is 0 Å². The van der Waals surface area contributed by atoms with E-state index >= 15 is 0 Å². The van der Waals surface area contributed by atoms with Gasteiger partial charge in [0.05, 0.1) is 31.2 Å². The molecule has 0 saturated heterocycles. The highest BCUT2D eigenvalue weighted by Gasteiger charge is 2.30. The fourth-order valence-corrected chi connectivity index (χ4v) is 3.71. The van der Waals surface area contributed by atoms with Crippen molar-refractivity contribution in [3.63, 3.8) is 0 Å². The summed E-state index contributed by atoms with van der Waals surface area (Å²) in [5, 5.41) is 7.37. The Morgan fingerprint density at radius 3 is 2.26 bits per heavy atom. The van der Waals surface area contributed by atoms with Crippen LogP contribution in [-0.2, 0) is 38.1 Å². The monoisotopic (exact) mass is 491 g/mol. The number of alkyl halides is 3. The van der Waals surface area contributed by atoms with E-state index in [-0.39, 0.29) is 31.2 Å². The lowest BCUT2D eigenvalue weighted by Gasteiger charge is -2.07. The van der Waals surface area contributed by atoms with E-state index in [1.807, 2.05) is 0 Å². The summed E-state index contributed by atoms with van der Waals surface area (Å²) in [6, 6.07) is 11.3. The average molecular weight is 491 g/mol. The van der Waals surface area contributed by atoms with Gasteiger partial charge in [0.25, 0.3) is 0 Å². The van der Waals surface area contributed by atoms with E-state index in [9.17, 15) is 27.6 Å². The maximum Gasteiger partial charge on any atom is 0.416 e. The molecule has 34 heavy (non-hydrogen) atoms. The number of amides is 2. The highest BCUT2D eigenvalue weighted by molar-refractivity contribution is 7.13. The van der Waals surface area contributed by atoms with Crippen molar-refractivity contribution >= 4 is 34.8 Å². The minimum atomic E-state index is -4.40. The van der Waals surface area contributed by atoms with Crippen LogP contribution < -0.4 is 10.6 Å². The molecule has 0 atom stereocenters. The van der Waals surface area contributed by atoms with Gasteiger partial charge in [-0.2, -0.15) is 13.2 Å². The standard InChI is InChI=1S/C23H20F3N3O4S/c1-33-21(32)12-27-19(30)10-14-2-8-17(9-3-14)28-20(31)11-18-13-34-22(29-18)15-4-6-16(7-5-15)23(24,25)26/h2-9,13H,10-12H2,1H3,(H,27,30)(H,28,31). The Kier molecular flexibility index (Phi) is 8.00. The van der Waals surface area contributed by atoms with E-state index in [1.165, 1.54) is 30.6 Å². The SMILES string of the molecule is COC(=O)CNC(=O)Cc1ccc(NC(=O)Cc2csc(-c3ccc(C(F)(F)F)cc3)n2)cc1. The zero-order valence-electron chi connectivity index (χ0n) is 17.9. The summed E-state index contributed by atoms with van der Waals surface area (Å²) >= 11 is 1.24. The highest BCUT2D eigenvalue weighted by atomic mass is 32.1. The van der Waals surface area contributed by atoms with Crippen molar-refractivity contribution in [2.45, 2.75) is 19.0 Å². The molecule has 11 heteroatoms. The Balaban J connectivity index is 1.52. The first-order valence-electron chi connectivity index (χ1n) is 9.98. The van der Waals surface area contributed by atoms with Gasteiger partial charge >= 0.3 is 12.1 Å². The number of halogens is 3. The Hall–Kier alpha value is -3.73. The molecule has 1 heterocycles. The summed E-state index contributed by atoms with van der Waals surface area (Å²) in [4.78, 5) is 39.5. The predicted molar refractivity (Wildman–Crippen MR) is 120 cm³/mol. The molecule has 0 saturated carbocycles. The first kappa shape index (κ1) is 24.9. The fourth-order valence-electron chi connectivity index (χ4n) is 2.89. The average Bonchev–Trinajstić information content (AvgIpc) is 3.26. The molecule has 178 valence electrons. The molecule has 0 unspecified atom stereocenters. The van der Waals surface area contributed by atoms with Crippen LogP contribution >= 0.6 is 11.3 Å². The maximum atomic E-state index is 12.7. The highest BCUT2D eigenvalue weighted by Crippen LogP contribution is 2.31. The third-order valence-electron chi connectivity index (χ3n) is 4.61. The number of nitrogens with one attached hydrogen (secondary N) is 2. The normalized spacial score (nSPS) is 11.1. The molecule has 0 radical (unpaired) electrons. The Morgan fingerprint density at radius 2 is 1.65 bits per heavy atom. The first-order valence-corrected chi connectivity index (χ1v) is 10.9. The number of carbonyl (C=O) groups excluding carboxylic acids is 3. The number of anilines is 1. The van der Waals surface area contributed by atoms with Gasteiger partial charge in [-0.15, -0.1) is 11.3 Å². The Bertz CT molecular complexity index is 1160. The molecule has 0 spiro atoms. The van der Waals surface area contributed by atoms with E-state index < -0.39 is 17.7 Å². The van der Waals surface area contributed by atoms with Crippen molar-refractivity contribution in [2.75, 3.05) is 19.0 Å². The number of hydrogen-bond donors (Lipinski definition) is 2. The van der Waals surface area contributed by atoms with E-state index in [4.69, 9.17) is 0 Å². The third kappa shape index (κ3) is 7.14. The number of ether oxygens (including phenoxy) is 1. The molecule has 1 aromatic heterocycles. The molecule has 0 fully saturated rings. The number of carbonyl (C=O) groups is 3. The molecule has 3 aromatic rings. The number of rotatable bonds is 8. The molecule has 2 aromatic carbocycles. The third-order valence-corrected chi connectivity index (χ3v) is 5.55. The van der Waals surface area contributed by atoms with Crippen LogP contribution in [0.25, 0.3) is 10.6 Å². The van der Waals surface area contributed by atoms with Gasteiger partial charge in [-0.05, 0) is 29.8 Å². The predicted octanol–water partition coefficient (Wildman–Crippen LogP) is 3.84. The number of hydrogen-bond acceptors (Lipinski definition) is 6. The molecule has 2 amide bonds. The lowest BCUT2D eigenvalue weighted by molar-refractivity contribution is -0.141. The smallest absolute Gasteiger partial charge is 0.416 e. The van der Waals surface area contributed by atoms with Gasteiger partial charge < -0.3 is 15.4 Å². The van der Waals surface area contributed by atoms with Crippen LogP contribution in [-0.4, -0.2) is 36.4 Å². The van der Waals surface area contributed by atoms with Crippen LogP contribution in [0.1, 0.15) is 16.8 Å². The molecular formula is C23H20F3N3O4S. The summed E-state index contributed by atoms with van der Waals surface area (Å²) in [7, 11) is 1.23. The lowest BCUT2D eigenvalue weighted by atomic mass is 10.1. The van der Waals surface area contributed by atoms with Gasteiger partial charge in [0, 0.05) is 16.6 Å². The van der Waals surface area contributed by atoms with Crippen molar-refractivity contribution in [1.82, 2.24) is 10.3 Å². The van der Waals surface area contributed by atoms with Crippen molar-refractivity contribution in [3.8, 4) is 10.6 Å². The van der Waals surface area contributed by atoms with E-state index in [2.05, 4.69) is 20.4 Å². The molecule has 0 aliphatic rings. The maximum absolute atomic E-state index is 12.7. The van der Waals surface area contributed by atoms with Gasteiger partial charge in [0.1, 0.15) is 11.6 Å².